The summed E-state index contributed by atoms with van der Waals surface area (Å²) in [6.07, 6.45) is 4.17. The number of hydrogen-bond donors (Lipinski definition) is 2. The number of rotatable bonds is 8. The van der Waals surface area contributed by atoms with Gasteiger partial charge in [0.2, 0.25) is 5.91 Å². The molecular weight excluding hydrogens is 394 g/mol. The van der Waals surface area contributed by atoms with Crippen molar-refractivity contribution in [2.24, 2.45) is 11.8 Å². The zero-order chi connectivity index (χ0) is 20.8. The van der Waals surface area contributed by atoms with Crippen LogP contribution < -0.4 is 10.6 Å². The van der Waals surface area contributed by atoms with Crippen molar-refractivity contribution in [3.05, 3.63) is 45.5 Å². The second kappa shape index (κ2) is 9.96. The fraction of sp³-hybridized carbons (Fsp3) is 0.600. The smallest absolute Gasteiger partial charge is 0.294 e. The van der Waals surface area contributed by atoms with Crippen molar-refractivity contribution in [2.75, 3.05) is 13.2 Å². The lowest BCUT2D eigenvalue weighted by atomic mass is 9.82. The minimum atomic E-state index is -0.742. The van der Waals surface area contributed by atoms with E-state index in [4.69, 9.17) is 0 Å². The van der Waals surface area contributed by atoms with E-state index in [1.165, 1.54) is 5.56 Å². The SMILES string of the molecule is Cc1ccc(CC2NC(=O)SC2C(=O)NCC2CCC(CO[N+](=O)[O-])CC2)cc1. The highest BCUT2D eigenvalue weighted by Gasteiger charge is 2.38. The summed E-state index contributed by atoms with van der Waals surface area (Å²) in [7, 11) is 0. The average Bonchev–Trinajstić information content (AvgIpc) is 3.07. The van der Waals surface area contributed by atoms with Crippen molar-refractivity contribution >= 4 is 22.9 Å². The highest BCUT2D eigenvalue weighted by molar-refractivity contribution is 8.15. The third-order valence-electron chi connectivity index (χ3n) is 5.68. The predicted octanol–water partition coefficient (Wildman–Crippen LogP) is 2.86. The molecule has 29 heavy (non-hydrogen) atoms. The number of thioether (sulfide) groups is 1. The van der Waals surface area contributed by atoms with Gasteiger partial charge in [0, 0.05) is 6.54 Å². The van der Waals surface area contributed by atoms with E-state index in [1.807, 2.05) is 31.2 Å². The van der Waals surface area contributed by atoms with Gasteiger partial charge >= 0.3 is 0 Å². The van der Waals surface area contributed by atoms with Crippen molar-refractivity contribution in [2.45, 2.75) is 50.3 Å². The van der Waals surface area contributed by atoms with E-state index in [2.05, 4.69) is 15.5 Å². The van der Waals surface area contributed by atoms with Gasteiger partial charge in [-0.05, 0) is 68.2 Å². The molecule has 2 atom stereocenters. The van der Waals surface area contributed by atoms with Crippen LogP contribution in [0.25, 0.3) is 0 Å². The lowest BCUT2D eigenvalue weighted by Gasteiger charge is -2.28. The maximum Gasteiger partial charge on any atom is 0.294 e. The summed E-state index contributed by atoms with van der Waals surface area (Å²) in [4.78, 5) is 39.4. The van der Waals surface area contributed by atoms with Gasteiger partial charge in [0.25, 0.3) is 10.3 Å². The summed E-state index contributed by atoms with van der Waals surface area (Å²) in [5, 5.41) is 14.9. The Hall–Kier alpha value is -2.29. The van der Waals surface area contributed by atoms with E-state index in [9.17, 15) is 19.7 Å². The summed E-state index contributed by atoms with van der Waals surface area (Å²) in [6.45, 7) is 2.75. The molecule has 2 amide bonds. The lowest BCUT2D eigenvalue weighted by molar-refractivity contribution is -0.759. The zero-order valence-corrected chi connectivity index (χ0v) is 17.3. The molecule has 1 aliphatic carbocycles. The molecule has 9 heteroatoms. The fourth-order valence-electron chi connectivity index (χ4n) is 3.95. The first-order valence-electron chi connectivity index (χ1n) is 9.98. The summed E-state index contributed by atoms with van der Waals surface area (Å²) in [6, 6.07) is 7.90. The van der Waals surface area contributed by atoms with E-state index >= 15 is 0 Å². The van der Waals surface area contributed by atoms with E-state index in [0.29, 0.717) is 18.9 Å². The Morgan fingerprint density at radius 3 is 2.55 bits per heavy atom. The molecule has 1 aromatic rings. The minimum Gasteiger partial charge on any atom is -0.355 e. The number of benzene rings is 1. The van der Waals surface area contributed by atoms with Crippen LogP contribution in [0.2, 0.25) is 0 Å². The topological polar surface area (TPSA) is 111 Å². The van der Waals surface area contributed by atoms with Crippen LogP contribution in [0.5, 0.6) is 0 Å². The molecule has 158 valence electrons. The molecule has 0 radical (unpaired) electrons. The van der Waals surface area contributed by atoms with Gasteiger partial charge in [0.15, 0.2) is 0 Å². The molecule has 3 rings (SSSR count). The third-order valence-corrected chi connectivity index (χ3v) is 6.81. The Morgan fingerprint density at radius 1 is 1.24 bits per heavy atom. The van der Waals surface area contributed by atoms with Gasteiger partial charge < -0.3 is 15.5 Å². The summed E-state index contributed by atoms with van der Waals surface area (Å²) >= 11 is 1.06. The highest BCUT2D eigenvalue weighted by atomic mass is 32.2. The molecule has 1 aliphatic heterocycles. The van der Waals surface area contributed by atoms with Gasteiger partial charge in [-0.25, -0.2) is 0 Å². The van der Waals surface area contributed by atoms with Crippen LogP contribution in [-0.2, 0) is 16.1 Å². The second-order valence-electron chi connectivity index (χ2n) is 7.92. The maximum absolute atomic E-state index is 12.7. The van der Waals surface area contributed by atoms with Crippen molar-refractivity contribution in [1.82, 2.24) is 10.6 Å². The van der Waals surface area contributed by atoms with E-state index in [0.717, 1.165) is 43.0 Å². The van der Waals surface area contributed by atoms with E-state index < -0.39 is 10.3 Å². The molecule has 2 N–H and O–H groups in total. The second-order valence-corrected chi connectivity index (χ2v) is 9.03. The third kappa shape index (κ3) is 6.35. The first-order valence-corrected chi connectivity index (χ1v) is 10.9. The standard InChI is InChI=1S/C20H27N3O5S/c1-13-2-4-14(5-3-13)10-17-18(29-20(25)22-17)19(24)21-11-15-6-8-16(9-7-15)12-28-23(26)27/h2-5,15-18H,6-12H2,1H3,(H,21,24)(H,22,25). The molecule has 2 unspecified atom stereocenters. The Balaban J connectivity index is 1.45. The van der Waals surface area contributed by atoms with Gasteiger partial charge in [-0.2, -0.15) is 0 Å². The largest absolute Gasteiger partial charge is 0.355 e. The van der Waals surface area contributed by atoms with Crippen molar-refractivity contribution < 1.29 is 19.5 Å². The number of nitrogens with zero attached hydrogens (tertiary/aromatic N) is 1. The Bertz CT molecular complexity index is 734. The highest BCUT2D eigenvalue weighted by Crippen LogP contribution is 2.29. The van der Waals surface area contributed by atoms with Crippen molar-refractivity contribution in [1.29, 1.82) is 0 Å². The van der Waals surface area contributed by atoms with E-state index in [1.54, 1.807) is 0 Å². The number of aryl methyl sites for hydroxylation is 1. The first-order chi connectivity index (χ1) is 13.9. The van der Waals surface area contributed by atoms with Crippen molar-refractivity contribution in [3.63, 3.8) is 0 Å². The van der Waals surface area contributed by atoms with Crippen LogP contribution in [0.3, 0.4) is 0 Å². The zero-order valence-electron chi connectivity index (χ0n) is 16.5. The molecule has 1 heterocycles. The van der Waals surface area contributed by atoms with Gasteiger partial charge in [-0.15, -0.1) is 10.1 Å². The number of amides is 2. The summed E-state index contributed by atoms with van der Waals surface area (Å²) < 4.78 is 0. The molecule has 8 nitrogen and oxygen atoms in total. The Labute approximate surface area is 174 Å². The number of hydrogen-bond acceptors (Lipinski definition) is 6. The van der Waals surface area contributed by atoms with Crippen LogP contribution >= 0.6 is 11.8 Å². The number of carbonyl (C=O) groups excluding carboxylic acids is 2. The Kier molecular flexibility index (Phi) is 7.35. The van der Waals surface area contributed by atoms with Crippen LogP contribution in [0.15, 0.2) is 24.3 Å². The molecular formula is C20H27N3O5S. The average molecular weight is 422 g/mol. The maximum atomic E-state index is 12.7. The number of carbonyl (C=O) groups is 2. The number of nitrogens with one attached hydrogen (secondary N) is 2. The lowest BCUT2D eigenvalue weighted by Crippen LogP contribution is -2.44. The van der Waals surface area contributed by atoms with Crippen LogP contribution in [0, 0.1) is 28.9 Å². The molecule has 1 aromatic carbocycles. The quantitative estimate of drug-likeness (QED) is 0.493. The Morgan fingerprint density at radius 2 is 1.90 bits per heavy atom. The summed E-state index contributed by atoms with van der Waals surface area (Å²) in [5.74, 6) is 0.458. The normalized spacial score (nSPS) is 26.6. The van der Waals surface area contributed by atoms with Gasteiger partial charge in [0.1, 0.15) is 5.25 Å². The fourth-order valence-corrected chi connectivity index (χ4v) is 4.91. The monoisotopic (exact) mass is 421 g/mol. The predicted molar refractivity (Wildman–Crippen MR) is 110 cm³/mol. The molecule has 0 bridgehead atoms. The molecule has 0 spiro atoms. The van der Waals surface area contributed by atoms with Gasteiger partial charge in [-0.1, -0.05) is 29.8 Å². The molecule has 1 saturated carbocycles. The summed E-state index contributed by atoms with van der Waals surface area (Å²) in [5.41, 5.74) is 2.27. The van der Waals surface area contributed by atoms with Crippen LogP contribution in [0.1, 0.15) is 36.8 Å². The van der Waals surface area contributed by atoms with Crippen molar-refractivity contribution in [3.8, 4) is 0 Å². The van der Waals surface area contributed by atoms with E-state index in [-0.39, 0.29) is 29.7 Å². The van der Waals surface area contributed by atoms with Gasteiger partial charge in [-0.3, -0.25) is 9.59 Å². The molecule has 1 saturated heterocycles. The van der Waals surface area contributed by atoms with Crippen LogP contribution in [-0.4, -0.2) is 40.7 Å². The molecule has 2 fully saturated rings. The van der Waals surface area contributed by atoms with Gasteiger partial charge in [0.05, 0.1) is 12.6 Å². The van der Waals surface area contributed by atoms with Crippen LogP contribution in [0.4, 0.5) is 4.79 Å². The molecule has 2 aliphatic rings. The minimum absolute atomic E-state index is 0.107. The molecule has 0 aromatic heterocycles. The first kappa shape index (κ1) is 21.4.